The average molecular weight is 1310 g/mol. The minimum absolute atomic E-state index is 1.05. The van der Waals surface area contributed by atoms with Crippen LogP contribution in [0.25, 0.3) is 11.1 Å². The van der Waals surface area contributed by atoms with Crippen LogP contribution in [0.3, 0.4) is 0 Å². The third-order valence-electron chi connectivity index (χ3n) is 18.1. The third-order valence-corrected chi connectivity index (χ3v) is 18.1. The van der Waals surface area contributed by atoms with Gasteiger partial charge in [-0.25, -0.2) is 0 Å². The van der Waals surface area contributed by atoms with E-state index in [9.17, 15) is 0 Å². The molecule has 0 saturated heterocycles. The summed E-state index contributed by atoms with van der Waals surface area (Å²) in [6.07, 6.45) is 0. The highest BCUT2D eigenvalue weighted by Crippen LogP contribution is 2.45. The second kappa shape index (κ2) is 30.7. The van der Waals surface area contributed by atoms with Gasteiger partial charge in [-0.15, -0.1) is 0 Å². The molecule has 15 aromatic carbocycles. The number of hydrogen-bond donors (Lipinski definition) is 0. The van der Waals surface area contributed by atoms with E-state index in [0.717, 1.165) is 102 Å². The molecule has 0 aliphatic heterocycles. The van der Waals surface area contributed by atoms with Crippen molar-refractivity contribution in [2.45, 2.75) is 34.6 Å². The highest BCUT2D eigenvalue weighted by molar-refractivity contribution is 5.87. The molecule has 0 atom stereocenters. The molecule has 0 aliphatic rings. The van der Waals surface area contributed by atoms with Crippen LogP contribution in [0.5, 0.6) is 0 Å². The molecule has 0 aromatic heterocycles. The first-order chi connectivity index (χ1) is 49.6. The van der Waals surface area contributed by atoms with Crippen LogP contribution in [0.4, 0.5) is 102 Å². The molecule has 0 aliphatic carbocycles. The van der Waals surface area contributed by atoms with E-state index >= 15 is 0 Å². The Hall–Kier alpha value is -12.9. The number of hydrogen-bond acceptors (Lipinski definition) is 6. The van der Waals surface area contributed by atoms with Crippen molar-refractivity contribution in [3.8, 4) is 11.1 Å². The number of rotatable bonds is 19. The first-order valence-electron chi connectivity index (χ1n) is 34.5. The smallest absolute Gasteiger partial charge is 0.0464 e. The first kappa shape index (κ1) is 65.4. The van der Waals surface area contributed by atoms with Crippen LogP contribution in [-0.2, 0) is 0 Å². The maximum atomic E-state index is 2.34. The zero-order chi connectivity index (χ0) is 68.9. The van der Waals surface area contributed by atoms with Crippen molar-refractivity contribution in [2.75, 3.05) is 29.4 Å². The van der Waals surface area contributed by atoms with Gasteiger partial charge in [-0.1, -0.05) is 176 Å². The predicted molar refractivity (Wildman–Crippen MR) is 430 cm³/mol. The van der Waals surface area contributed by atoms with Gasteiger partial charge in [0.05, 0.1) is 0 Å². The Labute approximate surface area is 596 Å². The second-order valence-corrected chi connectivity index (χ2v) is 25.5. The van der Waals surface area contributed by atoms with Gasteiger partial charge in [-0.3, -0.25) is 0 Å². The number of benzene rings is 15. The lowest BCUT2D eigenvalue weighted by Crippen LogP contribution is -2.14. The highest BCUT2D eigenvalue weighted by atomic mass is 15.2. The minimum Gasteiger partial charge on any atom is -0.310 e. The van der Waals surface area contributed by atoms with Crippen LogP contribution in [0.1, 0.15) is 27.8 Å². The highest BCUT2D eigenvalue weighted by Gasteiger charge is 2.21. The van der Waals surface area contributed by atoms with Gasteiger partial charge in [0.2, 0.25) is 0 Å². The molecule has 0 amide bonds. The zero-order valence-electron chi connectivity index (χ0n) is 57.7. The first-order valence-corrected chi connectivity index (χ1v) is 34.5. The summed E-state index contributed by atoms with van der Waals surface area (Å²) in [5.41, 5.74) is 28.5. The molecular weight excluding hydrogens is 1230 g/mol. The molecular formula is C95H80N6. The Morgan fingerprint density at radius 1 is 0.119 bits per heavy atom. The molecule has 101 heavy (non-hydrogen) atoms. The molecule has 6 nitrogen and oxygen atoms in total. The molecule has 6 heteroatoms. The number of para-hydroxylation sites is 5. The van der Waals surface area contributed by atoms with Gasteiger partial charge in [-0.2, -0.15) is 0 Å². The lowest BCUT2D eigenvalue weighted by atomic mass is 10.0. The van der Waals surface area contributed by atoms with Crippen LogP contribution >= 0.6 is 0 Å². The molecule has 0 N–H and O–H groups in total. The third kappa shape index (κ3) is 15.3. The van der Waals surface area contributed by atoms with Crippen LogP contribution in [0.2, 0.25) is 0 Å². The molecule has 0 saturated carbocycles. The summed E-state index contributed by atoms with van der Waals surface area (Å²) >= 11 is 0. The fourth-order valence-electron chi connectivity index (χ4n) is 13.3. The van der Waals surface area contributed by atoms with Gasteiger partial charge in [0.15, 0.2) is 0 Å². The van der Waals surface area contributed by atoms with Crippen LogP contribution in [0.15, 0.2) is 394 Å². The Morgan fingerprint density at radius 3 is 0.406 bits per heavy atom. The summed E-state index contributed by atoms with van der Waals surface area (Å²) in [6, 6.07) is 141. The van der Waals surface area contributed by atoms with E-state index in [4.69, 9.17) is 0 Å². The standard InChI is InChI=1S/C57H48N4.C38H32N2/c1-43-16-13-25-55(40-43)59(46-19-7-4-8-20-46)52-34-28-49(29-35-52)58(50-30-36-53(37-31-50)60(47-21-9-5-10-22-47)56-26-14-17-44(2)41-56)51-32-38-54(39-33-51)61(48-23-11-6-12-24-48)57-27-15-18-45(3)42-57;1-29-11-9-17-37(27-29)39(33-13-5-3-6-14-33)35-23-19-31(20-24-35)32-21-25-36(26-22-32)40(34-15-7-4-8-16-34)38-18-10-12-30(2)28-38/h4-42H,1-3H3;3-28H,1-2H3. The van der Waals surface area contributed by atoms with E-state index in [0.29, 0.717) is 0 Å². The van der Waals surface area contributed by atoms with Crippen molar-refractivity contribution < 1.29 is 0 Å². The number of nitrogens with zero attached hydrogens (tertiary/aromatic N) is 6. The average Bonchev–Trinajstić information content (AvgIpc) is 0.809. The molecule has 0 bridgehead atoms. The largest absolute Gasteiger partial charge is 0.310 e. The normalized spacial score (nSPS) is 10.8. The summed E-state index contributed by atoms with van der Waals surface area (Å²) in [7, 11) is 0. The van der Waals surface area contributed by atoms with E-state index in [-0.39, 0.29) is 0 Å². The summed E-state index contributed by atoms with van der Waals surface area (Å²) in [5.74, 6) is 0. The van der Waals surface area contributed by atoms with Crippen LogP contribution < -0.4 is 29.4 Å². The number of anilines is 18. The van der Waals surface area contributed by atoms with Gasteiger partial charge >= 0.3 is 0 Å². The molecule has 0 radical (unpaired) electrons. The van der Waals surface area contributed by atoms with Gasteiger partial charge in [0.1, 0.15) is 0 Å². The van der Waals surface area contributed by atoms with E-state index in [1.165, 1.54) is 38.9 Å². The van der Waals surface area contributed by atoms with Crippen molar-refractivity contribution in [1.82, 2.24) is 0 Å². The fraction of sp³-hybridized carbons (Fsp3) is 0.0526. The van der Waals surface area contributed by atoms with Gasteiger partial charge in [0.25, 0.3) is 0 Å². The Bertz CT molecular complexity index is 4700. The monoisotopic (exact) mass is 1300 g/mol. The summed E-state index contributed by atoms with van der Waals surface area (Å²) in [6.45, 7) is 10.7. The van der Waals surface area contributed by atoms with Gasteiger partial charge in [0, 0.05) is 102 Å². The quantitative estimate of drug-likeness (QED) is 0.0798. The van der Waals surface area contributed by atoms with E-state index in [1.807, 2.05) is 0 Å². The Balaban J connectivity index is 0.000000187. The molecule has 0 spiro atoms. The maximum absolute atomic E-state index is 2.34. The SMILES string of the molecule is Cc1cccc(N(c2ccccc2)c2ccc(-c3ccc(N(c4ccccc4)c4cccc(C)c4)cc3)cc2)c1.Cc1cccc(N(c2ccccc2)c2ccc(N(c3ccc(N(c4ccccc4)c4cccc(C)c4)cc3)c3ccc(N(c4ccccc4)c4cccc(C)c4)cc3)cc2)c1. The predicted octanol–water partition coefficient (Wildman–Crippen LogP) is 27.4. The van der Waals surface area contributed by atoms with Crippen LogP contribution in [0, 0.1) is 34.6 Å². The van der Waals surface area contributed by atoms with Crippen molar-refractivity contribution in [1.29, 1.82) is 0 Å². The van der Waals surface area contributed by atoms with E-state index in [2.05, 4.69) is 458 Å². The van der Waals surface area contributed by atoms with Crippen molar-refractivity contribution in [2.24, 2.45) is 0 Å². The molecule has 490 valence electrons. The summed E-state index contributed by atoms with van der Waals surface area (Å²) < 4.78 is 0. The maximum Gasteiger partial charge on any atom is 0.0464 e. The molecule has 0 heterocycles. The van der Waals surface area contributed by atoms with Gasteiger partial charge in [-0.05, 0) is 292 Å². The van der Waals surface area contributed by atoms with Crippen LogP contribution in [-0.4, -0.2) is 0 Å². The summed E-state index contributed by atoms with van der Waals surface area (Å²) in [5, 5.41) is 0. The molecule has 15 aromatic rings. The number of aryl methyl sites for hydroxylation is 5. The Kier molecular flexibility index (Phi) is 19.9. The lowest BCUT2D eigenvalue weighted by Gasteiger charge is -2.30. The second-order valence-electron chi connectivity index (χ2n) is 25.5. The Morgan fingerprint density at radius 2 is 0.248 bits per heavy atom. The topological polar surface area (TPSA) is 19.4 Å². The lowest BCUT2D eigenvalue weighted by molar-refractivity contribution is 1.23. The summed E-state index contributed by atoms with van der Waals surface area (Å²) in [4.78, 5) is 13.9. The molecule has 0 fully saturated rings. The van der Waals surface area contributed by atoms with Crippen molar-refractivity contribution in [3.05, 3.63) is 422 Å². The molecule has 0 unspecified atom stereocenters. The van der Waals surface area contributed by atoms with E-state index in [1.54, 1.807) is 0 Å². The zero-order valence-corrected chi connectivity index (χ0v) is 57.7. The fourth-order valence-corrected chi connectivity index (χ4v) is 13.3. The minimum atomic E-state index is 1.05. The van der Waals surface area contributed by atoms with Crippen molar-refractivity contribution in [3.63, 3.8) is 0 Å². The van der Waals surface area contributed by atoms with Crippen molar-refractivity contribution >= 4 is 102 Å². The molecule has 15 rings (SSSR count). The van der Waals surface area contributed by atoms with Gasteiger partial charge < -0.3 is 29.4 Å². The van der Waals surface area contributed by atoms with E-state index < -0.39 is 0 Å².